The molecular formula is C19H22N2O3S. The summed E-state index contributed by atoms with van der Waals surface area (Å²) >= 11 is 1.57. The van der Waals surface area contributed by atoms with Crippen LogP contribution in [0.3, 0.4) is 0 Å². The van der Waals surface area contributed by atoms with Gasteiger partial charge in [-0.2, -0.15) is 0 Å². The molecule has 2 rings (SSSR count). The molecule has 0 aliphatic heterocycles. The van der Waals surface area contributed by atoms with E-state index >= 15 is 0 Å². The molecule has 5 nitrogen and oxygen atoms in total. The average Bonchev–Trinajstić information content (AvgIpc) is 3.01. The van der Waals surface area contributed by atoms with Crippen LogP contribution in [0.2, 0.25) is 0 Å². The molecule has 0 aliphatic rings. The number of nitrogens with zero attached hydrogens (tertiary/aromatic N) is 1. The number of anilines is 1. The van der Waals surface area contributed by atoms with Crippen molar-refractivity contribution in [2.75, 3.05) is 12.4 Å². The summed E-state index contributed by atoms with van der Waals surface area (Å²) in [5.74, 6) is 0.130. The molecule has 25 heavy (non-hydrogen) atoms. The highest BCUT2D eigenvalue weighted by Crippen LogP contribution is 2.28. The van der Waals surface area contributed by atoms with Crippen molar-refractivity contribution < 1.29 is 14.3 Å². The summed E-state index contributed by atoms with van der Waals surface area (Å²) < 4.78 is 5.19. The van der Waals surface area contributed by atoms with Crippen LogP contribution in [-0.4, -0.2) is 23.8 Å². The number of rotatable bonds is 5. The van der Waals surface area contributed by atoms with E-state index in [-0.39, 0.29) is 17.1 Å². The number of ketones is 1. The normalized spacial score (nSPS) is 11.6. The number of benzene rings is 1. The number of carbonyl (C=O) groups excluding carboxylic acids is 2. The zero-order valence-corrected chi connectivity index (χ0v) is 15.9. The van der Waals surface area contributed by atoms with Crippen molar-refractivity contribution in [3.63, 3.8) is 0 Å². The SMILES string of the molecule is COc1ccc(C(=O)C=Cc2cnc(C(C)(C)C)s2)cc1NC(C)=O. The number of allylic oxidation sites excluding steroid dienone is 1. The second kappa shape index (κ2) is 7.61. The standard InChI is InChI=1S/C19H22N2O3S/c1-12(22)21-15-10-13(6-9-17(15)24-5)16(23)8-7-14-11-20-18(25-14)19(2,3)4/h6-11H,1-5H3,(H,21,22). The molecule has 1 amide bonds. The van der Waals surface area contributed by atoms with Crippen LogP contribution in [0.4, 0.5) is 5.69 Å². The Hall–Kier alpha value is -2.47. The number of hydrogen-bond donors (Lipinski definition) is 1. The van der Waals surface area contributed by atoms with E-state index in [2.05, 4.69) is 31.1 Å². The Morgan fingerprint density at radius 1 is 1.28 bits per heavy atom. The van der Waals surface area contributed by atoms with Crippen LogP contribution >= 0.6 is 11.3 Å². The van der Waals surface area contributed by atoms with Crippen molar-refractivity contribution in [3.05, 3.63) is 45.9 Å². The molecule has 132 valence electrons. The minimum Gasteiger partial charge on any atom is -0.495 e. The summed E-state index contributed by atoms with van der Waals surface area (Å²) in [6.07, 6.45) is 5.04. The lowest BCUT2D eigenvalue weighted by Gasteiger charge is -2.13. The molecule has 0 saturated carbocycles. The van der Waals surface area contributed by atoms with Crippen molar-refractivity contribution in [2.45, 2.75) is 33.1 Å². The number of methoxy groups -OCH3 is 1. The van der Waals surface area contributed by atoms with Crippen molar-refractivity contribution in [3.8, 4) is 5.75 Å². The summed E-state index contributed by atoms with van der Waals surface area (Å²) in [6, 6.07) is 4.95. The molecule has 0 unspecified atom stereocenters. The van der Waals surface area contributed by atoms with E-state index in [4.69, 9.17) is 4.74 Å². The van der Waals surface area contributed by atoms with Crippen molar-refractivity contribution in [1.29, 1.82) is 0 Å². The Balaban J connectivity index is 2.20. The zero-order chi connectivity index (χ0) is 18.6. The van der Waals surface area contributed by atoms with Gasteiger partial charge in [-0.15, -0.1) is 11.3 Å². The van der Waals surface area contributed by atoms with Gasteiger partial charge in [-0.3, -0.25) is 9.59 Å². The van der Waals surface area contributed by atoms with E-state index in [0.29, 0.717) is 17.0 Å². The van der Waals surface area contributed by atoms with E-state index in [1.165, 1.54) is 20.1 Å². The van der Waals surface area contributed by atoms with E-state index in [9.17, 15) is 9.59 Å². The van der Waals surface area contributed by atoms with Gasteiger partial charge in [0, 0.05) is 29.0 Å². The first-order valence-corrected chi connectivity index (χ1v) is 8.66. The number of thiazole rings is 1. The van der Waals surface area contributed by atoms with E-state index in [1.54, 1.807) is 41.8 Å². The molecule has 1 aromatic carbocycles. The van der Waals surface area contributed by atoms with Crippen molar-refractivity contribution in [1.82, 2.24) is 4.98 Å². The Labute approximate surface area is 151 Å². The first kappa shape index (κ1) is 18.9. The van der Waals surface area contributed by atoms with Crippen LogP contribution in [0.5, 0.6) is 5.75 Å². The van der Waals surface area contributed by atoms with Gasteiger partial charge in [0.2, 0.25) is 5.91 Å². The molecule has 1 aromatic heterocycles. The number of carbonyl (C=O) groups is 2. The van der Waals surface area contributed by atoms with Crippen LogP contribution in [0.25, 0.3) is 6.08 Å². The summed E-state index contributed by atoms with van der Waals surface area (Å²) in [7, 11) is 1.51. The third kappa shape index (κ3) is 5.00. The maximum Gasteiger partial charge on any atom is 0.221 e. The molecule has 0 fully saturated rings. The first-order valence-electron chi connectivity index (χ1n) is 7.85. The lowest BCUT2D eigenvalue weighted by atomic mass is 9.98. The molecule has 2 aromatic rings. The lowest BCUT2D eigenvalue weighted by Crippen LogP contribution is -2.09. The number of ether oxygens (including phenoxy) is 1. The fourth-order valence-corrected chi connectivity index (χ4v) is 2.99. The molecule has 1 N–H and O–H groups in total. The second-order valence-electron chi connectivity index (χ2n) is 6.61. The molecule has 0 atom stereocenters. The highest BCUT2D eigenvalue weighted by molar-refractivity contribution is 7.12. The summed E-state index contributed by atoms with van der Waals surface area (Å²) in [4.78, 5) is 29.0. The maximum atomic E-state index is 12.4. The van der Waals surface area contributed by atoms with Gasteiger partial charge >= 0.3 is 0 Å². The number of aromatic nitrogens is 1. The van der Waals surface area contributed by atoms with E-state index in [0.717, 1.165) is 9.88 Å². The first-order chi connectivity index (χ1) is 11.7. The predicted octanol–water partition coefficient (Wildman–Crippen LogP) is 4.30. The Bertz CT molecular complexity index is 816. The predicted molar refractivity (Wildman–Crippen MR) is 101 cm³/mol. The maximum absolute atomic E-state index is 12.4. The minimum absolute atomic E-state index is 0.00991. The molecule has 0 spiro atoms. The average molecular weight is 358 g/mol. The van der Waals surface area contributed by atoms with Crippen LogP contribution < -0.4 is 10.1 Å². The van der Waals surface area contributed by atoms with E-state index < -0.39 is 0 Å². The summed E-state index contributed by atoms with van der Waals surface area (Å²) in [5.41, 5.74) is 0.938. The minimum atomic E-state index is -0.224. The van der Waals surface area contributed by atoms with Gasteiger partial charge in [-0.05, 0) is 30.4 Å². The van der Waals surface area contributed by atoms with Gasteiger partial charge in [0.05, 0.1) is 17.8 Å². The van der Waals surface area contributed by atoms with Crippen LogP contribution in [0, 0.1) is 0 Å². The molecule has 0 radical (unpaired) electrons. The van der Waals surface area contributed by atoms with Gasteiger partial charge in [0.1, 0.15) is 5.75 Å². The third-order valence-electron chi connectivity index (χ3n) is 3.36. The Morgan fingerprint density at radius 2 is 2.00 bits per heavy atom. The molecular weight excluding hydrogens is 336 g/mol. The summed E-state index contributed by atoms with van der Waals surface area (Å²) in [5, 5.41) is 3.69. The highest BCUT2D eigenvalue weighted by atomic mass is 32.1. The fourth-order valence-electron chi connectivity index (χ4n) is 2.11. The van der Waals surface area contributed by atoms with Crippen LogP contribution in [-0.2, 0) is 10.2 Å². The van der Waals surface area contributed by atoms with E-state index in [1.807, 2.05) is 0 Å². The molecule has 0 aliphatic carbocycles. The molecule has 0 saturated heterocycles. The highest BCUT2D eigenvalue weighted by Gasteiger charge is 2.17. The van der Waals surface area contributed by atoms with Gasteiger partial charge < -0.3 is 10.1 Å². The second-order valence-corrected chi connectivity index (χ2v) is 7.67. The van der Waals surface area contributed by atoms with Gasteiger partial charge in [-0.1, -0.05) is 20.8 Å². The van der Waals surface area contributed by atoms with Crippen LogP contribution in [0.15, 0.2) is 30.5 Å². The fraction of sp³-hybridized carbons (Fsp3) is 0.316. The van der Waals surface area contributed by atoms with Gasteiger partial charge in [-0.25, -0.2) is 4.98 Å². The van der Waals surface area contributed by atoms with Crippen molar-refractivity contribution >= 4 is 34.8 Å². The van der Waals surface area contributed by atoms with Gasteiger partial charge in [0.15, 0.2) is 5.78 Å². The topological polar surface area (TPSA) is 68.3 Å². The zero-order valence-electron chi connectivity index (χ0n) is 15.0. The van der Waals surface area contributed by atoms with Crippen molar-refractivity contribution in [2.24, 2.45) is 0 Å². The van der Waals surface area contributed by atoms with Gasteiger partial charge in [0.25, 0.3) is 0 Å². The number of nitrogens with one attached hydrogen (secondary N) is 1. The monoisotopic (exact) mass is 358 g/mol. The number of amides is 1. The largest absolute Gasteiger partial charge is 0.495 e. The molecule has 1 heterocycles. The summed E-state index contributed by atoms with van der Waals surface area (Å²) in [6.45, 7) is 7.71. The lowest BCUT2D eigenvalue weighted by molar-refractivity contribution is -0.114. The molecule has 6 heteroatoms. The quantitative estimate of drug-likeness (QED) is 0.639. The van der Waals surface area contributed by atoms with Crippen LogP contribution in [0.1, 0.15) is 47.9 Å². The third-order valence-corrected chi connectivity index (χ3v) is 4.75. The Kier molecular flexibility index (Phi) is 5.74. The number of hydrogen-bond acceptors (Lipinski definition) is 5. The smallest absolute Gasteiger partial charge is 0.221 e. The Morgan fingerprint density at radius 3 is 2.56 bits per heavy atom. The molecule has 0 bridgehead atoms.